The zero-order chi connectivity index (χ0) is 14.4. The first-order valence-corrected chi connectivity index (χ1v) is 6.76. The minimum absolute atomic E-state index is 0.0855. The molecule has 0 radical (unpaired) electrons. The molecule has 2 aromatic carbocycles. The molecule has 1 N–H and O–H groups in total. The molecule has 0 saturated carbocycles. The molecule has 1 unspecified atom stereocenters. The van der Waals surface area contributed by atoms with Gasteiger partial charge in [-0.25, -0.2) is 0 Å². The fourth-order valence-electron chi connectivity index (χ4n) is 2.20. The molecule has 2 rings (SSSR count). The maximum Gasteiger partial charge on any atom is 0.269 e. The summed E-state index contributed by atoms with van der Waals surface area (Å²) in [5, 5.41) is 14.3. The number of rotatable bonds is 6. The van der Waals surface area contributed by atoms with Crippen molar-refractivity contribution >= 4 is 11.4 Å². The quantitative estimate of drug-likeness (QED) is 0.619. The van der Waals surface area contributed by atoms with Crippen LogP contribution in [0, 0.1) is 10.1 Å². The molecule has 0 fully saturated rings. The SMILES string of the molecule is CCCC(Nc1ccccc1)c1cccc([N+](=O)[O-])c1. The number of benzene rings is 2. The highest BCUT2D eigenvalue weighted by Crippen LogP contribution is 2.26. The van der Waals surface area contributed by atoms with Crippen molar-refractivity contribution < 1.29 is 4.92 Å². The normalized spacial score (nSPS) is 11.8. The topological polar surface area (TPSA) is 55.2 Å². The summed E-state index contributed by atoms with van der Waals surface area (Å²) in [5.41, 5.74) is 2.11. The van der Waals surface area contributed by atoms with Crippen LogP contribution in [0.4, 0.5) is 11.4 Å². The summed E-state index contributed by atoms with van der Waals surface area (Å²) in [4.78, 5) is 10.5. The first-order valence-electron chi connectivity index (χ1n) is 6.76. The van der Waals surface area contributed by atoms with Gasteiger partial charge < -0.3 is 5.32 Å². The lowest BCUT2D eigenvalue weighted by atomic mass is 10.0. The number of hydrogen-bond acceptors (Lipinski definition) is 3. The van der Waals surface area contributed by atoms with Crippen molar-refractivity contribution in [1.29, 1.82) is 0 Å². The summed E-state index contributed by atoms with van der Waals surface area (Å²) in [6.45, 7) is 2.11. The molecule has 0 aromatic heterocycles. The van der Waals surface area contributed by atoms with Crippen LogP contribution in [0.15, 0.2) is 54.6 Å². The first-order chi connectivity index (χ1) is 9.70. The number of hydrogen-bond donors (Lipinski definition) is 1. The van der Waals surface area contributed by atoms with Crippen LogP contribution >= 0.6 is 0 Å². The van der Waals surface area contributed by atoms with Crippen LogP contribution in [0.1, 0.15) is 31.4 Å². The first kappa shape index (κ1) is 14.1. The van der Waals surface area contributed by atoms with Gasteiger partial charge in [0, 0.05) is 17.8 Å². The van der Waals surface area contributed by atoms with Crippen molar-refractivity contribution in [1.82, 2.24) is 0 Å². The van der Waals surface area contributed by atoms with Gasteiger partial charge in [0.25, 0.3) is 5.69 Å². The van der Waals surface area contributed by atoms with Crippen LogP contribution in [0.5, 0.6) is 0 Å². The second-order valence-electron chi connectivity index (χ2n) is 4.70. The summed E-state index contributed by atoms with van der Waals surface area (Å²) >= 11 is 0. The molecule has 20 heavy (non-hydrogen) atoms. The molecule has 0 spiro atoms. The molecule has 0 heterocycles. The van der Waals surface area contributed by atoms with Crippen molar-refractivity contribution in [2.24, 2.45) is 0 Å². The van der Waals surface area contributed by atoms with Gasteiger partial charge in [-0.1, -0.05) is 43.7 Å². The molecule has 0 saturated heterocycles. The van der Waals surface area contributed by atoms with E-state index in [4.69, 9.17) is 0 Å². The molecule has 1 atom stereocenters. The Hall–Kier alpha value is -2.36. The van der Waals surface area contributed by atoms with E-state index in [0.29, 0.717) is 0 Å². The third-order valence-electron chi connectivity index (χ3n) is 3.18. The summed E-state index contributed by atoms with van der Waals surface area (Å²) in [6.07, 6.45) is 1.93. The lowest BCUT2D eigenvalue weighted by Gasteiger charge is -2.19. The Morgan fingerprint density at radius 2 is 1.90 bits per heavy atom. The molecule has 4 nitrogen and oxygen atoms in total. The summed E-state index contributed by atoms with van der Waals surface area (Å²) < 4.78 is 0. The van der Waals surface area contributed by atoms with Gasteiger partial charge in [-0.3, -0.25) is 10.1 Å². The molecule has 104 valence electrons. The van der Waals surface area contributed by atoms with Crippen molar-refractivity contribution in [3.05, 3.63) is 70.3 Å². The number of para-hydroxylation sites is 1. The fraction of sp³-hybridized carbons (Fsp3) is 0.250. The van der Waals surface area contributed by atoms with Gasteiger partial charge in [-0.05, 0) is 24.1 Å². The van der Waals surface area contributed by atoms with Crippen molar-refractivity contribution in [3.63, 3.8) is 0 Å². The molecule has 0 aliphatic heterocycles. The average Bonchev–Trinajstić information content (AvgIpc) is 2.48. The van der Waals surface area contributed by atoms with Crippen LogP contribution in [-0.2, 0) is 0 Å². The Morgan fingerprint density at radius 1 is 1.15 bits per heavy atom. The van der Waals surface area contributed by atoms with Crippen LogP contribution in [0.25, 0.3) is 0 Å². The monoisotopic (exact) mass is 270 g/mol. The van der Waals surface area contributed by atoms with Crippen molar-refractivity contribution in [2.75, 3.05) is 5.32 Å². The van der Waals surface area contributed by atoms with E-state index in [1.807, 2.05) is 36.4 Å². The highest BCUT2D eigenvalue weighted by atomic mass is 16.6. The zero-order valence-electron chi connectivity index (χ0n) is 11.5. The summed E-state index contributed by atoms with van der Waals surface area (Å²) in [5.74, 6) is 0. The second-order valence-corrected chi connectivity index (χ2v) is 4.70. The predicted molar refractivity (Wildman–Crippen MR) is 80.8 cm³/mol. The summed E-state index contributed by atoms with van der Waals surface area (Å²) in [7, 11) is 0. The number of nitrogens with zero attached hydrogens (tertiary/aromatic N) is 1. The van der Waals surface area contributed by atoms with Crippen LogP contribution in [0.3, 0.4) is 0 Å². The predicted octanol–water partition coefficient (Wildman–Crippen LogP) is 4.55. The van der Waals surface area contributed by atoms with Gasteiger partial charge in [-0.15, -0.1) is 0 Å². The Kier molecular flexibility index (Phi) is 4.71. The number of nitro benzene ring substituents is 1. The van der Waals surface area contributed by atoms with E-state index < -0.39 is 0 Å². The van der Waals surface area contributed by atoms with Crippen LogP contribution in [-0.4, -0.2) is 4.92 Å². The van der Waals surface area contributed by atoms with Crippen molar-refractivity contribution in [3.8, 4) is 0 Å². The molecular formula is C16H18N2O2. The van der Waals surface area contributed by atoms with Crippen LogP contribution < -0.4 is 5.32 Å². The van der Waals surface area contributed by atoms with Gasteiger partial charge in [0.1, 0.15) is 0 Å². The lowest BCUT2D eigenvalue weighted by Crippen LogP contribution is -2.10. The third kappa shape index (κ3) is 3.57. The zero-order valence-corrected chi connectivity index (χ0v) is 11.5. The van der Waals surface area contributed by atoms with Gasteiger partial charge in [0.05, 0.1) is 11.0 Å². The third-order valence-corrected chi connectivity index (χ3v) is 3.18. The Labute approximate surface area is 118 Å². The summed E-state index contributed by atoms with van der Waals surface area (Å²) in [6, 6.07) is 16.8. The molecule has 0 amide bonds. The number of non-ortho nitro benzene ring substituents is 1. The smallest absolute Gasteiger partial charge is 0.269 e. The van der Waals surface area contributed by atoms with Gasteiger partial charge in [0.15, 0.2) is 0 Å². The Morgan fingerprint density at radius 3 is 2.55 bits per heavy atom. The minimum Gasteiger partial charge on any atom is -0.378 e. The Bertz CT molecular complexity index is 570. The van der Waals surface area contributed by atoms with Crippen molar-refractivity contribution in [2.45, 2.75) is 25.8 Å². The number of nitrogens with one attached hydrogen (secondary N) is 1. The largest absolute Gasteiger partial charge is 0.378 e. The molecule has 0 aliphatic rings. The van der Waals surface area contributed by atoms with Gasteiger partial charge in [0.2, 0.25) is 0 Å². The highest BCUT2D eigenvalue weighted by molar-refractivity contribution is 5.46. The van der Waals surface area contributed by atoms with E-state index in [1.54, 1.807) is 12.1 Å². The average molecular weight is 270 g/mol. The Balaban J connectivity index is 2.24. The lowest BCUT2D eigenvalue weighted by molar-refractivity contribution is -0.384. The second kappa shape index (κ2) is 6.70. The minimum atomic E-state index is -0.352. The van der Waals surface area contributed by atoms with E-state index in [0.717, 1.165) is 24.1 Å². The fourth-order valence-corrected chi connectivity index (χ4v) is 2.20. The van der Waals surface area contributed by atoms with E-state index >= 15 is 0 Å². The molecule has 2 aromatic rings. The van der Waals surface area contributed by atoms with Gasteiger partial charge >= 0.3 is 0 Å². The van der Waals surface area contributed by atoms with E-state index in [-0.39, 0.29) is 16.7 Å². The number of anilines is 1. The van der Waals surface area contributed by atoms with Crippen LogP contribution in [0.2, 0.25) is 0 Å². The van der Waals surface area contributed by atoms with E-state index in [2.05, 4.69) is 12.2 Å². The highest BCUT2D eigenvalue weighted by Gasteiger charge is 2.14. The van der Waals surface area contributed by atoms with E-state index in [1.165, 1.54) is 6.07 Å². The molecule has 4 heteroatoms. The van der Waals surface area contributed by atoms with E-state index in [9.17, 15) is 10.1 Å². The maximum atomic E-state index is 10.9. The maximum absolute atomic E-state index is 10.9. The molecule has 0 bridgehead atoms. The number of nitro groups is 1. The van der Waals surface area contributed by atoms with Gasteiger partial charge in [-0.2, -0.15) is 0 Å². The standard InChI is InChI=1S/C16H18N2O2/c1-2-7-16(17-14-9-4-3-5-10-14)13-8-6-11-15(12-13)18(19)20/h3-6,8-12,16-17H,2,7H2,1H3. The molecular weight excluding hydrogens is 252 g/mol. The molecule has 0 aliphatic carbocycles.